The number of alkyl halides is 1. The van der Waals surface area contributed by atoms with Crippen molar-refractivity contribution in [1.82, 2.24) is 5.32 Å². The Morgan fingerprint density at radius 3 is 2.82 bits per heavy atom. The highest BCUT2D eigenvalue weighted by molar-refractivity contribution is 4.98. The number of rotatable bonds is 1. The van der Waals surface area contributed by atoms with E-state index in [0.29, 0.717) is 6.61 Å². The Bertz CT molecular complexity index is 147. The molecule has 11 heavy (non-hydrogen) atoms. The van der Waals surface area contributed by atoms with Crippen molar-refractivity contribution in [1.29, 1.82) is 0 Å². The number of ether oxygens (including phenoxy) is 1. The van der Waals surface area contributed by atoms with Gasteiger partial charge in [0, 0.05) is 31.0 Å². The van der Waals surface area contributed by atoms with Gasteiger partial charge in [-0.1, -0.05) is 0 Å². The van der Waals surface area contributed by atoms with Crippen LogP contribution in [0.25, 0.3) is 0 Å². The topological polar surface area (TPSA) is 21.3 Å². The first-order valence-electron chi connectivity index (χ1n) is 4.22. The Balaban J connectivity index is 2.02. The molecule has 1 atom stereocenters. The maximum absolute atomic E-state index is 12.5. The van der Waals surface area contributed by atoms with Gasteiger partial charge in [-0.05, 0) is 6.42 Å². The van der Waals surface area contributed by atoms with Crippen LogP contribution in [0.1, 0.15) is 6.42 Å². The minimum Gasteiger partial charge on any atom is -0.381 e. The fourth-order valence-electron chi connectivity index (χ4n) is 2.00. The Hall–Kier alpha value is -0.150. The Kier molecular flexibility index (Phi) is 1.85. The molecule has 0 radical (unpaired) electrons. The van der Waals surface area contributed by atoms with Gasteiger partial charge in [-0.25, -0.2) is 0 Å². The summed E-state index contributed by atoms with van der Waals surface area (Å²) in [6.07, 6.45) is 1.04. The van der Waals surface area contributed by atoms with Crippen LogP contribution in [-0.2, 0) is 4.74 Å². The van der Waals surface area contributed by atoms with Gasteiger partial charge >= 0.3 is 0 Å². The lowest BCUT2D eigenvalue weighted by Crippen LogP contribution is -2.61. The third kappa shape index (κ3) is 1.07. The Morgan fingerprint density at radius 2 is 2.36 bits per heavy atom. The largest absolute Gasteiger partial charge is 0.381 e. The molecule has 2 aliphatic rings. The summed E-state index contributed by atoms with van der Waals surface area (Å²) in [7, 11) is 0. The first-order valence-corrected chi connectivity index (χ1v) is 4.22. The number of halogens is 1. The van der Waals surface area contributed by atoms with E-state index in [-0.39, 0.29) is 18.0 Å². The average molecular weight is 159 g/mol. The molecule has 2 saturated heterocycles. The summed E-state index contributed by atoms with van der Waals surface area (Å²) in [6.45, 7) is 3.20. The average Bonchev–Trinajstić information content (AvgIpc) is 2.01. The Morgan fingerprint density at radius 1 is 1.55 bits per heavy atom. The summed E-state index contributed by atoms with van der Waals surface area (Å²) in [6, 6.07) is 0. The maximum atomic E-state index is 12.5. The lowest BCUT2D eigenvalue weighted by atomic mass is 9.68. The maximum Gasteiger partial charge on any atom is 0.0950 e. The molecule has 2 fully saturated rings. The second kappa shape index (κ2) is 2.72. The van der Waals surface area contributed by atoms with Crippen LogP contribution < -0.4 is 5.32 Å². The summed E-state index contributed by atoms with van der Waals surface area (Å²) in [5, 5.41) is 3.21. The van der Waals surface area contributed by atoms with E-state index in [0.717, 1.165) is 26.1 Å². The normalized spacial score (nSPS) is 35.2. The summed E-state index contributed by atoms with van der Waals surface area (Å²) in [5.41, 5.74) is 0.257. The van der Waals surface area contributed by atoms with Crippen molar-refractivity contribution >= 4 is 0 Å². The zero-order valence-electron chi connectivity index (χ0n) is 6.61. The molecule has 1 N–H and O–H groups in total. The molecule has 0 amide bonds. The van der Waals surface area contributed by atoms with E-state index in [2.05, 4.69) is 5.32 Å². The SMILES string of the molecule is FCC1COCCC12CNC2. The summed E-state index contributed by atoms with van der Waals surface area (Å²) >= 11 is 0. The molecule has 0 aromatic carbocycles. The highest BCUT2D eigenvalue weighted by atomic mass is 19.1. The van der Waals surface area contributed by atoms with E-state index in [1.165, 1.54) is 0 Å². The molecule has 0 aliphatic carbocycles. The van der Waals surface area contributed by atoms with Crippen LogP contribution in [-0.4, -0.2) is 33.0 Å². The first-order chi connectivity index (χ1) is 5.37. The van der Waals surface area contributed by atoms with E-state index < -0.39 is 0 Å². The van der Waals surface area contributed by atoms with Crippen molar-refractivity contribution in [2.45, 2.75) is 6.42 Å². The van der Waals surface area contributed by atoms with Gasteiger partial charge in [0.25, 0.3) is 0 Å². The molecule has 1 unspecified atom stereocenters. The van der Waals surface area contributed by atoms with Crippen molar-refractivity contribution in [3.05, 3.63) is 0 Å². The van der Waals surface area contributed by atoms with E-state index in [1.807, 2.05) is 0 Å². The zero-order valence-corrected chi connectivity index (χ0v) is 6.61. The number of nitrogens with one attached hydrogen (secondary N) is 1. The predicted octanol–water partition coefficient (Wildman–Crippen LogP) is 0.582. The first kappa shape index (κ1) is 7.50. The van der Waals surface area contributed by atoms with Crippen LogP contribution in [0.4, 0.5) is 4.39 Å². The minimum atomic E-state index is -0.221. The fourth-order valence-corrected chi connectivity index (χ4v) is 2.00. The lowest BCUT2D eigenvalue weighted by molar-refractivity contribution is -0.0762. The zero-order chi connectivity index (χ0) is 7.73. The van der Waals surface area contributed by atoms with Crippen LogP contribution in [0.2, 0.25) is 0 Å². The molecule has 2 heterocycles. The second-order valence-electron chi connectivity index (χ2n) is 3.64. The highest BCUT2D eigenvalue weighted by Gasteiger charge is 2.45. The number of hydrogen-bond donors (Lipinski definition) is 1. The predicted molar refractivity (Wildman–Crippen MR) is 40.2 cm³/mol. The summed E-state index contributed by atoms with van der Waals surface area (Å²) in [4.78, 5) is 0. The molecule has 0 aromatic rings. The van der Waals surface area contributed by atoms with E-state index >= 15 is 0 Å². The van der Waals surface area contributed by atoms with Crippen LogP contribution >= 0.6 is 0 Å². The van der Waals surface area contributed by atoms with E-state index in [4.69, 9.17) is 4.74 Å². The molecular weight excluding hydrogens is 145 g/mol. The molecule has 2 rings (SSSR count). The summed E-state index contributed by atoms with van der Waals surface area (Å²) < 4.78 is 17.7. The van der Waals surface area contributed by atoms with Crippen LogP contribution in [0, 0.1) is 11.3 Å². The van der Waals surface area contributed by atoms with Crippen LogP contribution in [0.5, 0.6) is 0 Å². The van der Waals surface area contributed by atoms with Crippen molar-refractivity contribution in [2.75, 3.05) is 33.0 Å². The number of hydrogen-bond acceptors (Lipinski definition) is 2. The van der Waals surface area contributed by atoms with E-state index in [1.54, 1.807) is 0 Å². The smallest absolute Gasteiger partial charge is 0.0950 e. The second-order valence-corrected chi connectivity index (χ2v) is 3.64. The molecule has 0 saturated carbocycles. The molecule has 0 bridgehead atoms. The van der Waals surface area contributed by atoms with E-state index in [9.17, 15) is 4.39 Å². The van der Waals surface area contributed by atoms with Crippen molar-refractivity contribution < 1.29 is 9.13 Å². The van der Waals surface area contributed by atoms with Crippen molar-refractivity contribution in [2.24, 2.45) is 11.3 Å². The molecule has 1 spiro atoms. The molecule has 0 aromatic heterocycles. The van der Waals surface area contributed by atoms with Crippen LogP contribution in [0.15, 0.2) is 0 Å². The van der Waals surface area contributed by atoms with Gasteiger partial charge in [0.1, 0.15) is 0 Å². The van der Waals surface area contributed by atoms with Gasteiger partial charge in [-0.3, -0.25) is 4.39 Å². The quantitative estimate of drug-likeness (QED) is 0.604. The third-order valence-electron chi connectivity index (χ3n) is 3.07. The van der Waals surface area contributed by atoms with Gasteiger partial charge in [0.05, 0.1) is 13.3 Å². The molecule has 2 aliphatic heterocycles. The molecule has 64 valence electrons. The van der Waals surface area contributed by atoms with Crippen molar-refractivity contribution in [3.8, 4) is 0 Å². The minimum absolute atomic E-state index is 0.150. The van der Waals surface area contributed by atoms with Crippen LogP contribution in [0.3, 0.4) is 0 Å². The van der Waals surface area contributed by atoms with Gasteiger partial charge in [-0.2, -0.15) is 0 Å². The molecular formula is C8H14FNO. The monoisotopic (exact) mass is 159 g/mol. The summed E-state index contributed by atoms with van der Waals surface area (Å²) in [5.74, 6) is 0.150. The van der Waals surface area contributed by atoms with Gasteiger partial charge in [0.15, 0.2) is 0 Å². The van der Waals surface area contributed by atoms with Crippen molar-refractivity contribution in [3.63, 3.8) is 0 Å². The lowest BCUT2D eigenvalue weighted by Gasteiger charge is -2.50. The standard InChI is InChI=1S/C8H14FNO/c9-3-7-4-11-2-1-8(7)5-10-6-8/h7,10H,1-6H2. The Labute approximate surface area is 66.1 Å². The van der Waals surface area contributed by atoms with Gasteiger partial charge in [-0.15, -0.1) is 0 Å². The van der Waals surface area contributed by atoms with Gasteiger partial charge in [0.2, 0.25) is 0 Å². The third-order valence-corrected chi connectivity index (χ3v) is 3.07. The fraction of sp³-hybridized carbons (Fsp3) is 1.00. The highest BCUT2D eigenvalue weighted by Crippen LogP contribution is 2.39. The molecule has 2 nitrogen and oxygen atoms in total. The molecule has 3 heteroatoms. The van der Waals surface area contributed by atoms with Gasteiger partial charge < -0.3 is 10.1 Å².